The molecule has 0 saturated carbocycles. The molecule has 1 rings (SSSR count). The van der Waals surface area contributed by atoms with E-state index in [1.165, 1.54) is 0 Å². The van der Waals surface area contributed by atoms with Crippen molar-refractivity contribution in [2.75, 3.05) is 0 Å². The molecule has 0 aliphatic carbocycles. The van der Waals surface area contributed by atoms with Gasteiger partial charge in [0.05, 0.1) is 11.3 Å². The Hall–Kier alpha value is -0.810. The summed E-state index contributed by atoms with van der Waals surface area (Å²) in [6, 6.07) is 1.65. The zero-order valence-electron chi connectivity index (χ0n) is 6.40. The highest BCUT2D eigenvalue weighted by Crippen LogP contribution is 2.30. The Morgan fingerprint density at radius 1 is 1.38 bits per heavy atom. The summed E-state index contributed by atoms with van der Waals surface area (Å²) in [6.07, 6.45) is -4.41. The van der Waals surface area contributed by atoms with Crippen LogP contribution in [-0.4, -0.2) is 4.98 Å². The minimum Gasteiger partial charge on any atom is -0.325 e. The molecule has 0 fully saturated rings. The molecule has 13 heavy (non-hydrogen) atoms. The number of halogens is 4. The van der Waals surface area contributed by atoms with Crippen LogP contribution in [0, 0.1) is 0 Å². The quantitative estimate of drug-likeness (QED) is 0.722. The minimum atomic E-state index is -4.41. The molecular formula is C7H6ClF3N2. The SMILES string of the molecule is NCc1cc(C(F)(F)F)cc(Cl)n1. The molecule has 0 atom stereocenters. The molecule has 0 amide bonds. The number of hydrogen-bond donors (Lipinski definition) is 1. The van der Waals surface area contributed by atoms with E-state index in [1.807, 2.05) is 0 Å². The minimum absolute atomic E-state index is 0.0658. The molecule has 0 aliphatic rings. The van der Waals surface area contributed by atoms with Crippen molar-refractivity contribution in [3.63, 3.8) is 0 Å². The predicted octanol–water partition coefficient (Wildman–Crippen LogP) is 2.21. The topological polar surface area (TPSA) is 38.9 Å². The number of aromatic nitrogens is 1. The molecule has 2 N–H and O–H groups in total. The van der Waals surface area contributed by atoms with Crippen LogP contribution in [0.3, 0.4) is 0 Å². The van der Waals surface area contributed by atoms with Gasteiger partial charge in [0.25, 0.3) is 0 Å². The van der Waals surface area contributed by atoms with Crippen molar-refractivity contribution in [1.82, 2.24) is 4.98 Å². The molecule has 1 aromatic heterocycles. The summed E-state index contributed by atoms with van der Waals surface area (Å²) in [4.78, 5) is 3.61. The lowest BCUT2D eigenvalue weighted by molar-refractivity contribution is -0.137. The van der Waals surface area contributed by atoms with E-state index in [2.05, 4.69) is 4.98 Å². The third kappa shape index (κ3) is 2.57. The van der Waals surface area contributed by atoms with Gasteiger partial charge in [-0.15, -0.1) is 0 Å². The van der Waals surface area contributed by atoms with E-state index in [0.717, 1.165) is 12.1 Å². The van der Waals surface area contributed by atoms with Gasteiger partial charge in [0.2, 0.25) is 0 Å². The van der Waals surface area contributed by atoms with Crippen LogP contribution in [0.5, 0.6) is 0 Å². The molecule has 0 aromatic carbocycles. The van der Waals surface area contributed by atoms with E-state index in [1.54, 1.807) is 0 Å². The second kappa shape index (κ2) is 3.51. The first kappa shape index (κ1) is 10.3. The van der Waals surface area contributed by atoms with Crippen LogP contribution in [0.15, 0.2) is 12.1 Å². The van der Waals surface area contributed by atoms with Crippen LogP contribution in [0.1, 0.15) is 11.3 Å². The number of nitrogens with zero attached hydrogens (tertiary/aromatic N) is 1. The molecule has 0 saturated heterocycles. The van der Waals surface area contributed by atoms with Crippen LogP contribution >= 0.6 is 11.6 Å². The number of hydrogen-bond acceptors (Lipinski definition) is 2. The standard InChI is InChI=1S/C7H6ClF3N2/c8-6-2-4(7(9,10)11)1-5(3-12)13-6/h1-2H,3,12H2. The van der Waals surface area contributed by atoms with E-state index < -0.39 is 11.7 Å². The van der Waals surface area contributed by atoms with Crippen LogP contribution in [-0.2, 0) is 12.7 Å². The Kier molecular flexibility index (Phi) is 2.77. The summed E-state index contributed by atoms with van der Waals surface area (Å²) < 4.78 is 36.5. The monoisotopic (exact) mass is 210 g/mol. The number of nitrogens with two attached hydrogens (primary N) is 1. The molecule has 0 radical (unpaired) electrons. The number of rotatable bonds is 1. The third-order valence-corrected chi connectivity index (χ3v) is 1.58. The van der Waals surface area contributed by atoms with Crippen molar-refractivity contribution >= 4 is 11.6 Å². The van der Waals surface area contributed by atoms with Gasteiger partial charge in [0, 0.05) is 6.54 Å². The Morgan fingerprint density at radius 2 is 2.00 bits per heavy atom. The molecule has 72 valence electrons. The zero-order valence-corrected chi connectivity index (χ0v) is 7.15. The average molecular weight is 211 g/mol. The lowest BCUT2D eigenvalue weighted by Gasteiger charge is -2.07. The second-order valence-corrected chi connectivity index (χ2v) is 2.76. The van der Waals surface area contributed by atoms with Gasteiger partial charge in [-0.25, -0.2) is 4.98 Å². The van der Waals surface area contributed by atoms with E-state index in [-0.39, 0.29) is 17.4 Å². The third-order valence-electron chi connectivity index (χ3n) is 1.38. The van der Waals surface area contributed by atoms with E-state index in [9.17, 15) is 13.2 Å². The fourth-order valence-electron chi connectivity index (χ4n) is 0.819. The summed E-state index contributed by atoms with van der Waals surface area (Å²) >= 11 is 5.37. The molecule has 1 aromatic rings. The fraction of sp³-hybridized carbons (Fsp3) is 0.286. The molecule has 6 heteroatoms. The number of pyridine rings is 1. The Labute approximate surface area is 77.5 Å². The van der Waals surface area contributed by atoms with Gasteiger partial charge >= 0.3 is 6.18 Å². The summed E-state index contributed by atoms with van der Waals surface area (Å²) in [5, 5.41) is -0.199. The smallest absolute Gasteiger partial charge is 0.325 e. The Bertz CT molecular complexity index is 311. The molecule has 0 aliphatic heterocycles. The van der Waals surface area contributed by atoms with Crippen LogP contribution in [0.25, 0.3) is 0 Å². The Morgan fingerprint density at radius 3 is 2.46 bits per heavy atom. The van der Waals surface area contributed by atoms with E-state index >= 15 is 0 Å². The van der Waals surface area contributed by atoms with Gasteiger partial charge < -0.3 is 5.73 Å². The first-order valence-electron chi connectivity index (χ1n) is 3.37. The molecule has 1 heterocycles. The second-order valence-electron chi connectivity index (χ2n) is 2.37. The van der Waals surface area contributed by atoms with Gasteiger partial charge in [-0.05, 0) is 12.1 Å². The summed E-state index contributed by atoms with van der Waals surface area (Å²) in [5.41, 5.74) is 4.44. The molecule has 2 nitrogen and oxygen atoms in total. The Balaban J connectivity index is 3.16. The molecule has 0 bridgehead atoms. The van der Waals surface area contributed by atoms with Crippen molar-refractivity contribution in [2.45, 2.75) is 12.7 Å². The highest BCUT2D eigenvalue weighted by atomic mass is 35.5. The summed E-state index contributed by atoms with van der Waals surface area (Å²) in [5.74, 6) is 0. The highest BCUT2D eigenvalue weighted by Gasteiger charge is 2.31. The van der Waals surface area contributed by atoms with Crippen molar-refractivity contribution in [3.05, 3.63) is 28.5 Å². The first-order valence-corrected chi connectivity index (χ1v) is 3.75. The first-order chi connectivity index (χ1) is 5.93. The van der Waals surface area contributed by atoms with Crippen LogP contribution < -0.4 is 5.73 Å². The highest BCUT2D eigenvalue weighted by molar-refractivity contribution is 6.29. The van der Waals surface area contributed by atoms with Gasteiger partial charge in [0.1, 0.15) is 5.15 Å². The van der Waals surface area contributed by atoms with Gasteiger partial charge in [0.15, 0.2) is 0 Å². The van der Waals surface area contributed by atoms with Crippen molar-refractivity contribution in [2.24, 2.45) is 5.73 Å². The van der Waals surface area contributed by atoms with E-state index in [0.29, 0.717) is 0 Å². The van der Waals surface area contributed by atoms with Crippen molar-refractivity contribution in [1.29, 1.82) is 0 Å². The van der Waals surface area contributed by atoms with Gasteiger partial charge in [-0.3, -0.25) is 0 Å². The van der Waals surface area contributed by atoms with Crippen molar-refractivity contribution < 1.29 is 13.2 Å². The average Bonchev–Trinajstić information content (AvgIpc) is 2.01. The number of alkyl halides is 3. The lowest BCUT2D eigenvalue weighted by atomic mass is 10.2. The maximum Gasteiger partial charge on any atom is 0.416 e. The largest absolute Gasteiger partial charge is 0.416 e. The van der Waals surface area contributed by atoms with Crippen LogP contribution in [0.4, 0.5) is 13.2 Å². The summed E-state index contributed by atoms with van der Waals surface area (Å²) in [7, 11) is 0. The normalized spacial score (nSPS) is 11.8. The summed E-state index contributed by atoms with van der Waals surface area (Å²) in [6.45, 7) is -0.0658. The molecule has 0 spiro atoms. The molecule has 0 unspecified atom stereocenters. The maximum atomic E-state index is 12.2. The molecular weight excluding hydrogens is 205 g/mol. The zero-order chi connectivity index (χ0) is 10.1. The van der Waals surface area contributed by atoms with E-state index in [4.69, 9.17) is 17.3 Å². The lowest BCUT2D eigenvalue weighted by Crippen LogP contribution is -2.08. The maximum absolute atomic E-state index is 12.2. The fourth-order valence-corrected chi connectivity index (χ4v) is 1.05. The van der Waals surface area contributed by atoms with Gasteiger partial charge in [-0.2, -0.15) is 13.2 Å². The van der Waals surface area contributed by atoms with Crippen LogP contribution in [0.2, 0.25) is 5.15 Å². The van der Waals surface area contributed by atoms with Crippen molar-refractivity contribution in [3.8, 4) is 0 Å². The predicted molar refractivity (Wildman–Crippen MR) is 42.1 cm³/mol. The van der Waals surface area contributed by atoms with Gasteiger partial charge in [-0.1, -0.05) is 11.6 Å².